The number of para-hydroxylation sites is 3. The minimum Gasteiger partial charge on any atom is -0.436 e. The SMILES string of the molecule is Cc1nc2ccccc2c(=O)n1-c1ccc(-c2nc3ccccc3o2)cc1. The summed E-state index contributed by atoms with van der Waals surface area (Å²) in [5.41, 5.74) is 3.82. The predicted molar refractivity (Wildman–Crippen MR) is 105 cm³/mol. The van der Waals surface area contributed by atoms with Crippen LogP contribution >= 0.6 is 0 Å². The highest BCUT2D eigenvalue weighted by Gasteiger charge is 2.11. The molecular weight excluding hydrogens is 338 g/mol. The molecule has 0 amide bonds. The van der Waals surface area contributed by atoms with Crippen molar-refractivity contribution in [1.82, 2.24) is 14.5 Å². The van der Waals surface area contributed by atoms with Crippen molar-refractivity contribution in [1.29, 1.82) is 0 Å². The first-order valence-electron chi connectivity index (χ1n) is 8.65. The van der Waals surface area contributed by atoms with Crippen LogP contribution in [0.3, 0.4) is 0 Å². The van der Waals surface area contributed by atoms with E-state index in [0.717, 1.165) is 22.4 Å². The molecule has 0 unspecified atom stereocenters. The smallest absolute Gasteiger partial charge is 0.265 e. The Bertz CT molecular complexity index is 1310. The number of hydrogen-bond donors (Lipinski definition) is 0. The lowest BCUT2D eigenvalue weighted by atomic mass is 10.2. The average Bonchev–Trinajstić information content (AvgIpc) is 3.13. The summed E-state index contributed by atoms with van der Waals surface area (Å²) >= 11 is 0. The van der Waals surface area contributed by atoms with E-state index < -0.39 is 0 Å². The van der Waals surface area contributed by atoms with Crippen molar-refractivity contribution < 1.29 is 4.42 Å². The van der Waals surface area contributed by atoms with Gasteiger partial charge in [-0.2, -0.15) is 0 Å². The molecule has 5 rings (SSSR count). The van der Waals surface area contributed by atoms with Crippen molar-refractivity contribution >= 4 is 22.0 Å². The molecule has 0 saturated carbocycles. The van der Waals surface area contributed by atoms with Gasteiger partial charge in [0.05, 0.1) is 16.6 Å². The zero-order valence-electron chi connectivity index (χ0n) is 14.6. The molecule has 2 aromatic heterocycles. The summed E-state index contributed by atoms with van der Waals surface area (Å²) in [6.45, 7) is 1.84. The number of aromatic nitrogens is 3. The van der Waals surface area contributed by atoms with Crippen LogP contribution < -0.4 is 5.56 Å². The van der Waals surface area contributed by atoms with Gasteiger partial charge in [0.1, 0.15) is 11.3 Å². The van der Waals surface area contributed by atoms with Gasteiger partial charge in [-0.05, 0) is 55.5 Å². The molecule has 0 aliphatic rings. The first-order valence-corrected chi connectivity index (χ1v) is 8.65. The molecule has 0 spiro atoms. The Kier molecular flexibility index (Phi) is 3.40. The number of hydrogen-bond acceptors (Lipinski definition) is 4. The molecule has 130 valence electrons. The maximum Gasteiger partial charge on any atom is 0.265 e. The van der Waals surface area contributed by atoms with Gasteiger partial charge in [-0.3, -0.25) is 9.36 Å². The van der Waals surface area contributed by atoms with Crippen LogP contribution in [0.1, 0.15) is 5.82 Å². The number of oxazole rings is 1. The van der Waals surface area contributed by atoms with Crippen LogP contribution in [-0.2, 0) is 0 Å². The Labute approximate surface area is 154 Å². The third-order valence-corrected chi connectivity index (χ3v) is 4.61. The summed E-state index contributed by atoms with van der Waals surface area (Å²) in [5, 5.41) is 0.603. The summed E-state index contributed by atoms with van der Waals surface area (Å²) in [6, 6.07) is 22.6. The van der Waals surface area contributed by atoms with Crippen LogP contribution in [0.5, 0.6) is 0 Å². The number of nitrogens with zero attached hydrogens (tertiary/aromatic N) is 3. The van der Waals surface area contributed by atoms with E-state index in [1.807, 2.05) is 73.7 Å². The summed E-state index contributed by atoms with van der Waals surface area (Å²) in [7, 11) is 0. The number of rotatable bonds is 2. The Morgan fingerprint density at radius 2 is 1.52 bits per heavy atom. The van der Waals surface area contributed by atoms with Gasteiger partial charge < -0.3 is 4.42 Å². The van der Waals surface area contributed by atoms with E-state index in [-0.39, 0.29) is 5.56 Å². The second-order valence-electron chi connectivity index (χ2n) is 6.35. The highest BCUT2D eigenvalue weighted by Crippen LogP contribution is 2.25. The third-order valence-electron chi connectivity index (χ3n) is 4.61. The van der Waals surface area contributed by atoms with Crippen LogP contribution in [0.4, 0.5) is 0 Å². The number of fused-ring (bicyclic) bond motifs is 2. The lowest BCUT2D eigenvalue weighted by Crippen LogP contribution is -2.22. The maximum absolute atomic E-state index is 12.9. The zero-order chi connectivity index (χ0) is 18.4. The third kappa shape index (κ3) is 2.52. The summed E-state index contributed by atoms with van der Waals surface area (Å²) < 4.78 is 7.44. The normalized spacial score (nSPS) is 11.3. The van der Waals surface area contributed by atoms with Crippen LogP contribution in [0.15, 0.2) is 82.0 Å². The summed E-state index contributed by atoms with van der Waals surface area (Å²) in [5.74, 6) is 1.21. The van der Waals surface area contributed by atoms with Gasteiger partial charge in [0.2, 0.25) is 5.89 Å². The fraction of sp³-hybridized carbons (Fsp3) is 0.0455. The van der Waals surface area contributed by atoms with E-state index in [1.165, 1.54) is 0 Å². The lowest BCUT2D eigenvalue weighted by molar-refractivity contribution is 0.620. The van der Waals surface area contributed by atoms with Crippen molar-refractivity contribution in [2.24, 2.45) is 0 Å². The largest absolute Gasteiger partial charge is 0.436 e. The minimum atomic E-state index is -0.0762. The standard InChI is InChI=1S/C22H15N3O2/c1-14-23-18-7-3-2-6-17(18)22(26)25(14)16-12-10-15(11-13-16)21-24-19-8-4-5-9-20(19)27-21/h2-13H,1H3. The van der Waals surface area contributed by atoms with Crippen LogP contribution in [0.25, 0.3) is 39.1 Å². The molecule has 0 aliphatic carbocycles. The van der Waals surface area contributed by atoms with Gasteiger partial charge in [-0.1, -0.05) is 24.3 Å². The Morgan fingerprint density at radius 1 is 0.815 bits per heavy atom. The average molecular weight is 353 g/mol. The summed E-state index contributed by atoms with van der Waals surface area (Å²) in [6.07, 6.45) is 0. The van der Waals surface area contributed by atoms with Gasteiger partial charge in [0.25, 0.3) is 5.56 Å². The summed E-state index contributed by atoms with van der Waals surface area (Å²) in [4.78, 5) is 22.0. The van der Waals surface area contributed by atoms with Gasteiger partial charge in [0, 0.05) is 5.56 Å². The van der Waals surface area contributed by atoms with E-state index >= 15 is 0 Å². The lowest BCUT2D eigenvalue weighted by Gasteiger charge is -2.11. The first kappa shape index (κ1) is 15.5. The molecule has 27 heavy (non-hydrogen) atoms. The Morgan fingerprint density at radius 3 is 2.30 bits per heavy atom. The maximum atomic E-state index is 12.9. The number of benzene rings is 3. The van der Waals surface area contributed by atoms with E-state index in [4.69, 9.17) is 4.42 Å². The van der Waals surface area contributed by atoms with Gasteiger partial charge in [0.15, 0.2) is 5.58 Å². The number of aryl methyl sites for hydroxylation is 1. The zero-order valence-corrected chi connectivity index (χ0v) is 14.6. The molecule has 3 aromatic carbocycles. The minimum absolute atomic E-state index is 0.0762. The Hall–Kier alpha value is -3.73. The van der Waals surface area contributed by atoms with Crippen LogP contribution in [-0.4, -0.2) is 14.5 Å². The first-order chi connectivity index (χ1) is 13.2. The molecule has 5 heteroatoms. The highest BCUT2D eigenvalue weighted by atomic mass is 16.3. The van der Waals surface area contributed by atoms with Crippen molar-refractivity contribution in [2.45, 2.75) is 6.92 Å². The second kappa shape index (κ2) is 5.92. The van der Waals surface area contributed by atoms with E-state index in [2.05, 4.69) is 9.97 Å². The quantitative estimate of drug-likeness (QED) is 0.469. The molecule has 0 atom stereocenters. The molecule has 0 fully saturated rings. The van der Waals surface area contributed by atoms with Gasteiger partial charge in [-0.25, -0.2) is 9.97 Å². The highest BCUT2D eigenvalue weighted by molar-refractivity contribution is 5.78. The molecule has 5 aromatic rings. The van der Waals surface area contributed by atoms with Gasteiger partial charge >= 0.3 is 0 Å². The van der Waals surface area contributed by atoms with Crippen molar-refractivity contribution in [3.8, 4) is 17.1 Å². The topological polar surface area (TPSA) is 60.9 Å². The predicted octanol–water partition coefficient (Wildman–Crippen LogP) is 4.50. The molecule has 0 radical (unpaired) electrons. The van der Waals surface area contributed by atoms with Crippen LogP contribution in [0, 0.1) is 6.92 Å². The molecule has 0 bridgehead atoms. The van der Waals surface area contributed by atoms with E-state index in [0.29, 0.717) is 22.6 Å². The van der Waals surface area contributed by atoms with E-state index in [9.17, 15) is 4.79 Å². The van der Waals surface area contributed by atoms with E-state index in [1.54, 1.807) is 10.6 Å². The molecule has 0 N–H and O–H groups in total. The fourth-order valence-electron chi connectivity index (χ4n) is 3.30. The Balaban J connectivity index is 1.61. The molecular formula is C22H15N3O2. The van der Waals surface area contributed by atoms with Crippen LogP contribution in [0.2, 0.25) is 0 Å². The molecule has 0 aliphatic heterocycles. The molecule has 2 heterocycles. The van der Waals surface area contributed by atoms with Crippen molar-refractivity contribution in [2.75, 3.05) is 0 Å². The molecule has 0 saturated heterocycles. The molecule has 5 nitrogen and oxygen atoms in total. The second-order valence-corrected chi connectivity index (χ2v) is 6.35. The van der Waals surface area contributed by atoms with Crippen molar-refractivity contribution in [3.05, 3.63) is 89.0 Å². The van der Waals surface area contributed by atoms with Crippen molar-refractivity contribution in [3.63, 3.8) is 0 Å². The fourth-order valence-corrected chi connectivity index (χ4v) is 3.30. The monoisotopic (exact) mass is 353 g/mol. The van der Waals surface area contributed by atoms with Gasteiger partial charge in [-0.15, -0.1) is 0 Å².